The van der Waals surface area contributed by atoms with Crippen LogP contribution in [-0.4, -0.2) is 151 Å². The molecular formula is C56H109NO14. The maximum absolute atomic E-state index is 13.3. The Morgan fingerprint density at radius 3 is 1.37 bits per heavy atom. The van der Waals surface area contributed by atoms with Crippen molar-refractivity contribution in [2.24, 2.45) is 5.92 Å². The number of unbranched alkanes of at least 4 members (excludes halogenated alkanes) is 30. The summed E-state index contributed by atoms with van der Waals surface area (Å²) < 4.78 is 22.3. The summed E-state index contributed by atoms with van der Waals surface area (Å²) >= 11 is 0. The largest absolute Gasteiger partial charge is 0.390 e. The van der Waals surface area contributed by atoms with Crippen LogP contribution in [0.5, 0.6) is 0 Å². The number of hydrogen-bond acceptors (Lipinski definition) is 14. The summed E-state index contributed by atoms with van der Waals surface area (Å²) in [5.41, 5.74) is 0. The van der Waals surface area contributed by atoms with E-state index >= 15 is 0 Å². The van der Waals surface area contributed by atoms with Gasteiger partial charge in [0.25, 0.3) is 0 Å². The van der Waals surface area contributed by atoms with E-state index in [1.165, 1.54) is 161 Å². The maximum atomic E-state index is 13.3. The first-order chi connectivity index (χ1) is 34.3. The van der Waals surface area contributed by atoms with Crippen molar-refractivity contribution in [2.75, 3.05) is 19.8 Å². The fourth-order valence-corrected chi connectivity index (χ4v) is 9.85. The summed E-state index contributed by atoms with van der Waals surface area (Å²) in [6.45, 7) is 5.51. The van der Waals surface area contributed by atoms with Gasteiger partial charge in [0.15, 0.2) is 12.6 Å². The zero-order valence-corrected chi connectivity index (χ0v) is 45.0. The van der Waals surface area contributed by atoms with Crippen LogP contribution in [0.1, 0.15) is 245 Å². The molecule has 0 spiro atoms. The van der Waals surface area contributed by atoms with Gasteiger partial charge in [-0.15, -0.1) is 0 Å². The van der Waals surface area contributed by atoms with E-state index in [0.29, 0.717) is 12.8 Å². The Morgan fingerprint density at radius 1 is 0.507 bits per heavy atom. The second kappa shape index (κ2) is 42.1. The summed E-state index contributed by atoms with van der Waals surface area (Å²) in [4.78, 5) is 13.3. The van der Waals surface area contributed by atoms with Crippen molar-refractivity contribution in [3.63, 3.8) is 0 Å². The van der Waals surface area contributed by atoms with Crippen LogP contribution in [0.15, 0.2) is 0 Å². The van der Waals surface area contributed by atoms with Crippen molar-refractivity contribution >= 4 is 5.91 Å². The average Bonchev–Trinajstić information content (AvgIpc) is 3.35. The van der Waals surface area contributed by atoms with Crippen molar-refractivity contribution in [2.45, 2.75) is 325 Å². The molecular weight excluding hydrogens is 911 g/mol. The first-order valence-electron chi connectivity index (χ1n) is 29.2. The summed E-state index contributed by atoms with van der Waals surface area (Å²) in [6, 6.07) is -1.24. The highest BCUT2D eigenvalue weighted by Crippen LogP contribution is 2.26. The molecule has 2 rings (SSSR count). The van der Waals surface area contributed by atoms with Crippen LogP contribution in [-0.2, 0) is 23.7 Å². The molecule has 13 unspecified atom stereocenters. The predicted molar refractivity (Wildman–Crippen MR) is 278 cm³/mol. The van der Waals surface area contributed by atoms with Crippen LogP contribution < -0.4 is 5.32 Å². The van der Waals surface area contributed by atoms with E-state index in [-0.39, 0.29) is 19.4 Å². The van der Waals surface area contributed by atoms with Crippen LogP contribution in [0.3, 0.4) is 0 Å². The van der Waals surface area contributed by atoms with Crippen molar-refractivity contribution < 1.29 is 69.7 Å². The number of rotatable bonds is 46. The van der Waals surface area contributed by atoms with Gasteiger partial charge < -0.3 is 70.2 Å². The molecule has 2 aliphatic heterocycles. The van der Waals surface area contributed by atoms with E-state index < -0.39 is 98.8 Å². The van der Waals surface area contributed by atoms with Gasteiger partial charge in [0.2, 0.25) is 5.91 Å². The van der Waals surface area contributed by atoms with Gasteiger partial charge in [-0.3, -0.25) is 4.79 Å². The molecule has 0 radical (unpaired) electrons. The van der Waals surface area contributed by atoms with Crippen molar-refractivity contribution in [3.05, 3.63) is 0 Å². The molecule has 0 aromatic carbocycles. The lowest BCUT2D eigenvalue weighted by atomic mass is 9.98. The molecule has 0 bridgehead atoms. The molecule has 10 N–H and O–H groups in total. The molecule has 1 amide bonds. The van der Waals surface area contributed by atoms with E-state index in [1.54, 1.807) is 0 Å². The zero-order chi connectivity index (χ0) is 52.1. The first-order valence-corrected chi connectivity index (χ1v) is 29.2. The summed E-state index contributed by atoms with van der Waals surface area (Å²) in [5.74, 6) is 0.0351. The number of amides is 1. The topological polar surface area (TPSA) is 248 Å². The molecule has 2 aliphatic rings. The average molecular weight is 1020 g/mol. The highest BCUT2D eigenvalue weighted by molar-refractivity contribution is 5.80. The molecule has 2 saturated heterocycles. The minimum atomic E-state index is -1.77. The normalized spacial score (nSPS) is 25.6. The number of aliphatic hydroxyl groups is 9. The molecule has 2 heterocycles. The van der Waals surface area contributed by atoms with Crippen LogP contribution >= 0.6 is 0 Å². The maximum Gasteiger partial charge on any atom is 0.249 e. The molecule has 0 saturated carbocycles. The first kappa shape index (κ1) is 66.1. The molecule has 15 nitrogen and oxygen atoms in total. The molecule has 0 aromatic heterocycles. The van der Waals surface area contributed by atoms with E-state index in [9.17, 15) is 50.8 Å². The number of carbonyl (C=O) groups is 1. The lowest BCUT2D eigenvalue weighted by molar-refractivity contribution is -0.322. The Balaban J connectivity index is 1.77. The summed E-state index contributed by atoms with van der Waals surface area (Å²) in [6.07, 6.45) is 22.7. The van der Waals surface area contributed by atoms with E-state index in [2.05, 4.69) is 26.1 Å². The lowest BCUT2D eigenvalue weighted by Crippen LogP contribution is -2.61. The van der Waals surface area contributed by atoms with Crippen LogP contribution in [0.2, 0.25) is 0 Å². The quantitative estimate of drug-likeness (QED) is 0.0259. The minimum absolute atomic E-state index is 0.223. The van der Waals surface area contributed by atoms with Gasteiger partial charge >= 0.3 is 0 Å². The van der Waals surface area contributed by atoms with Gasteiger partial charge in [-0.05, 0) is 18.8 Å². The SMILES string of the molecule is CCCCCCCCCCCCCCCCCCCCCCCC(O)C(=O)NC(COC1OC(COC2OCC(O)C(O)C2O)C(O)C(O)C1O)C(O)C(O)CCCCCCCCCCCCCC(C)C. The second-order valence-corrected chi connectivity index (χ2v) is 21.8. The Morgan fingerprint density at radius 2 is 0.915 bits per heavy atom. The third kappa shape index (κ3) is 30.3. The molecule has 422 valence electrons. The Kier molecular flexibility index (Phi) is 39.2. The molecule has 71 heavy (non-hydrogen) atoms. The highest BCUT2D eigenvalue weighted by atomic mass is 16.7. The lowest BCUT2D eigenvalue weighted by Gasteiger charge is -2.42. The van der Waals surface area contributed by atoms with Gasteiger partial charge in [0, 0.05) is 0 Å². The Hall–Kier alpha value is -1.05. The van der Waals surface area contributed by atoms with Gasteiger partial charge in [0.05, 0.1) is 32.0 Å². The molecule has 0 aliphatic carbocycles. The Bertz CT molecular complexity index is 1240. The highest BCUT2D eigenvalue weighted by Gasteiger charge is 2.46. The standard InChI is InChI=1S/C56H109NO14/c1-4-5-6-7-8-9-10-11-12-13-14-15-16-17-18-19-22-26-29-32-35-38-45(59)54(67)57-43(48(61)44(58)37-34-31-28-25-23-20-21-24-27-30-33-36-42(2)3)39-68-56-53(66)51(64)50(63)47(71-56)41-70-55-52(65)49(62)46(60)40-69-55/h42-53,55-56,58-66H,4-41H2,1-3H3,(H,57,67). The Labute approximate surface area is 430 Å². The van der Waals surface area contributed by atoms with E-state index in [4.69, 9.17) is 18.9 Å². The second-order valence-electron chi connectivity index (χ2n) is 21.8. The van der Waals surface area contributed by atoms with Crippen LogP contribution in [0.4, 0.5) is 0 Å². The van der Waals surface area contributed by atoms with Gasteiger partial charge in [0.1, 0.15) is 54.9 Å². The molecule has 15 heteroatoms. The van der Waals surface area contributed by atoms with Crippen molar-refractivity contribution in [1.29, 1.82) is 0 Å². The predicted octanol–water partition coefficient (Wildman–Crippen LogP) is 8.16. The van der Waals surface area contributed by atoms with E-state index in [0.717, 1.165) is 44.4 Å². The third-order valence-electron chi connectivity index (χ3n) is 14.8. The number of carbonyl (C=O) groups excluding carboxylic acids is 1. The minimum Gasteiger partial charge on any atom is -0.390 e. The number of aliphatic hydroxyl groups excluding tert-OH is 9. The van der Waals surface area contributed by atoms with Crippen LogP contribution in [0, 0.1) is 5.92 Å². The zero-order valence-electron chi connectivity index (χ0n) is 45.0. The number of ether oxygens (including phenoxy) is 4. The summed E-state index contributed by atoms with van der Waals surface area (Å²) in [5, 5.41) is 98.2. The van der Waals surface area contributed by atoms with Gasteiger partial charge in [-0.25, -0.2) is 0 Å². The van der Waals surface area contributed by atoms with Gasteiger partial charge in [-0.2, -0.15) is 0 Å². The van der Waals surface area contributed by atoms with Crippen LogP contribution in [0.25, 0.3) is 0 Å². The molecule has 13 atom stereocenters. The van der Waals surface area contributed by atoms with E-state index in [1.807, 2.05) is 0 Å². The fourth-order valence-electron chi connectivity index (χ4n) is 9.85. The van der Waals surface area contributed by atoms with Crippen molar-refractivity contribution in [3.8, 4) is 0 Å². The molecule has 0 aromatic rings. The smallest absolute Gasteiger partial charge is 0.249 e. The number of hydrogen-bond donors (Lipinski definition) is 10. The third-order valence-corrected chi connectivity index (χ3v) is 14.8. The number of nitrogens with one attached hydrogen (secondary N) is 1. The molecule has 2 fully saturated rings. The fraction of sp³-hybridized carbons (Fsp3) is 0.982. The van der Waals surface area contributed by atoms with Crippen molar-refractivity contribution in [1.82, 2.24) is 5.32 Å². The van der Waals surface area contributed by atoms with Gasteiger partial charge in [-0.1, -0.05) is 233 Å². The monoisotopic (exact) mass is 1020 g/mol. The summed E-state index contributed by atoms with van der Waals surface area (Å²) in [7, 11) is 0.